The second kappa shape index (κ2) is 9.28. The van der Waals surface area contributed by atoms with Crippen molar-refractivity contribution in [1.82, 2.24) is 9.80 Å². The molecule has 4 fully saturated rings. The van der Waals surface area contributed by atoms with Crippen LogP contribution in [-0.4, -0.2) is 94.8 Å². The molecule has 220 valence electrons. The molecular weight excluding hydrogens is 498 g/mol. The number of hydrogen-bond acceptors (Lipinski definition) is 6. The molecule has 10 atom stereocenters. The molecule has 5 aliphatic heterocycles. The average Bonchev–Trinajstić information content (AvgIpc) is 3.47. The first-order valence-electron chi connectivity index (χ1n) is 16.2. The van der Waals surface area contributed by atoms with Gasteiger partial charge >= 0.3 is 0 Å². The monoisotopic (exact) mass is 549 g/mol. The zero-order valence-corrected chi connectivity index (χ0v) is 25.1. The Balaban J connectivity index is 1.32. The molecule has 6 heteroatoms. The largest absolute Gasteiger partial charge is 0.389 e. The van der Waals surface area contributed by atoms with Gasteiger partial charge in [0.25, 0.3) is 0 Å². The third-order valence-corrected chi connectivity index (χ3v) is 12.8. The molecular formula is C34H51N3O3. The smallest absolute Gasteiger partial charge is 0.102 e. The van der Waals surface area contributed by atoms with Gasteiger partial charge in [0.05, 0.1) is 17.7 Å². The van der Waals surface area contributed by atoms with Crippen molar-refractivity contribution in [2.75, 3.05) is 44.7 Å². The van der Waals surface area contributed by atoms with Crippen molar-refractivity contribution in [2.24, 2.45) is 11.3 Å². The van der Waals surface area contributed by atoms with Crippen molar-refractivity contribution in [2.45, 2.75) is 113 Å². The summed E-state index contributed by atoms with van der Waals surface area (Å²) in [6.45, 7) is 11.8. The number of nitrogens with zero attached hydrogens (tertiary/aromatic N) is 3. The second-order valence-corrected chi connectivity index (χ2v) is 14.9. The zero-order valence-electron chi connectivity index (χ0n) is 25.1. The van der Waals surface area contributed by atoms with E-state index in [2.05, 4.69) is 72.9 Å². The summed E-state index contributed by atoms with van der Waals surface area (Å²) in [5.74, 6) is 0.494. The van der Waals surface area contributed by atoms with Crippen LogP contribution in [0.25, 0.3) is 0 Å². The summed E-state index contributed by atoms with van der Waals surface area (Å²) in [5.41, 5.74) is 2.93. The first kappa shape index (κ1) is 27.4. The molecule has 3 N–H and O–H groups in total. The molecule has 6 aliphatic rings. The Kier molecular flexibility index (Phi) is 6.35. The molecule has 1 aliphatic carbocycles. The highest BCUT2D eigenvalue weighted by Crippen LogP contribution is 2.64. The van der Waals surface area contributed by atoms with Crippen molar-refractivity contribution < 1.29 is 15.3 Å². The van der Waals surface area contributed by atoms with E-state index in [1.54, 1.807) is 0 Å². The van der Waals surface area contributed by atoms with Crippen LogP contribution in [0.15, 0.2) is 30.4 Å². The zero-order chi connectivity index (χ0) is 28.1. The van der Waals surface area contributed by atoms with Crippen LogP contribution in [0.3, 0.4) is 0 Å². The predicted molar refractivity (Wildman–Crippen MR) is 160 cm³/mol. The maximum atomic E-state index is 11.8. The number of piperidine rings is 1. The van der Waals surface area contributed by atoms with Gasteiger partial charge in [-0.3, -0.25) is 4.90 Å². The average molecular weight is 550 g/mol. The van der Waals surface area contributed by atoms with Gasteiger partial charge in [0.2, 0.25) is 0 Å². The lowest BCUT2D eigenvalue weighted by atomic mass is 9.51. The molecule has 1 aromatic carbocycles. The molecule has 40 heavy (non-hydrogen) atoms. The van der Waals surface area contributed by atoms with Crippen molar-refractivity contribution >= 4 is 5.69 Å². The first-order chi connectivity index (χ1) is 19.1. The summed E-state index contributed by atoms with van der Waals surface area (Å²) in [7, 11) is 2.14. The molecule has 0 radical (unpaired) electrons. The summed E-state index contributed by atoms with van der Waals surface area (Å²) < 4.78 is 0. The molecule has 3 saturated heterocycles. The maximum absolute atomic E-state index is 11.8. The minimum atomic E-state index is -0.791. The number of rotatable bonds is 3. The molecule has 10 unspecified atom stereocenters. The standard InChI is InChI=1S/C34H51N3O3/c1-5-32(40)20-23-19-31(3,12-7-8-15-36(21-23)22-32)24-10-11-26-25(18-24)34-14-17-37-16-9-13-33(6-2,30(34)37)29(39)27(38)28(34)35(26)4/h9-11,13,18,23,27-30,38-40H,5-8,12,14-17,19-22H2,1-4H3. The number of hydrogen-bond donors (Lipinski definition) is 3. The molecule has 1 spiro atoms. The van der Waals surface area contributed by atoms with E-state index in [0.29, 0.717) is 5.92 Å². The van der Waals surface area contributed by atoms with E-state index in [9.17, 15) is 15.3 Å². The van der Waals surface area contributed by atoms with Crippen LogP contribution in [0.5, 0.6) is 0 Å². The first-order valence-corrected chi connectivity index (χ1v) is 16.2. The summed E-state index contributed by atoms with van der Waals surface area (Å²) >= 11 is 0. The Morgan fingerprint density at radius 1 is 1.02 bits per heavy atom. The van der Waals surface area contributed by atoms with Crippen molar-refractivity contribution in [3.05, 3.63) is 41.5 Å². The van der Waals surface area contributed by atoms with E-state index >= 15 is 0 Å². The minimum Gasteiger partial charge on any atom is -0.389 e. The van der Waals surface area contributed by atoms with E-state index in [-0.39, 0.29) is 22.9 Å². The van der Waals surface area contributed by atoms with Crippen LogP contribution >= 0.6 is 0 Å². The Morgan fingerprint density at radius 2 is 1.85 bits per heavy atom. The van der Waals surface area contributed by atoms with Gasteiger partial charge in [-0.05, 0) is 86.6 Å². The number of aliphatic hydroxyl groups excluding tert-OH is 2. The van der Waals surface area contributed by atoms with Gasteiger partial charge in [0.15, 0.2) is 0 Å². The number of anilines is 1. The highest BCUT2D eigenvalue weighted by molar-refractivity contribution is 5.68. The van der Waals surface area contributed by atoms with Crippen LogP contribution in [0.2, 0.25) is 0 Å². The van der Waals surface area contributed by atoms with Crippen LogP contribution in [0.1, 0.15) is 83.3 Å². The lowest BCUT2D eigenvalue weighted by Gasteiger charge is -2.60. The van der Waals surface area contributed by atoms with Gasteiger partial charge < -0.3 is 25.1 Å². The fourth-order valence-electron chi connectivity index (χ4n) is 11.0. The quantitative estimate of drug-likeness (QED) is 0.498. The van der Waals surface area contributed by atoms with Crippen molar-refractivity contribution in [1.29, 1.82) is 0 Å². The van der Waals surface area contributed by atoms with Crippen LogP contribution in [0.4, 0.5) is 5.69 Å². The summed E-state index contributed by atoms with van der Waals surface area (Å²) in [4.78, 5) is 7.44. The van der Waals surface area contributed by atoms with Crippen LogP contribution < -0.4 is 4.90 Å². The van der Waals surface area contributed by atoms with Gasteiger partial charge in [0.1, 0.15) is 6.10 Å². The third-order valence-electron chi connectivity index (χ3n) is 12.8. The Hall–Kier alpha value is -1.44. The normalized spacial score (nSPS) is 48.1. The number of likely N-dealkylation sites (N-methyl/N-ethyl adjacent to an activating group) is 1. The van der Waals surface area contributed by atoms with E-state index < -0.39 is 23.2 Å². The summed E-state index contributed by atoms with van der Waals surface area (Å²) in [6, 6.07) is 7.32. The number of benzene rings is 1. The molecule has 2 bridgehead atoms. The highest BCUT2D eigenvalue weighted by atomic mass is 16.3. The molecule has 6 nitrogen and oxygen atoms in total. The number of aliphatic hydroxyl groups is 3. The van der Waals surface area contributed by atoms with Crippen LogP contribution in [-0.2, 0) is 10.8 Å². The van der Waals surface area contributed by atoms with E-state index in [0.717, 1.165) is 64.8 Å². The topological polar surface area (TPSA) is 70.4 Å². The third kappa shape index (κ3) is 3.58. The summed E-state index contributed by atoms with van der Waals surface area (Å²) in [5, 5.41) is 34.9. The molecule has 0 amide bonds. The Bertz CT molecular complexity index is 1190. The molecule has 7 rings (SSSR count). The van der Waals surface area contributed by atoms with Crippen molar-refractivity contribution in [3.8, 4) is 0 Å². The highest BCUT2D eigenvalue weighted by Gasteiger charge is 2.72. The Morgan fingerprint density at radius 3 is 2.62 bits per heavy atom. The number of fused-ring (bicyclic) bond motifs is 3. The fourth-order valence-corrected chi connectivity index (χ4v) is 11.0. The lowest BCUT2D eigenvalue weighted by molar-refractivity contribution is -0.139. The Labute approximate surface area is 241 Å². The van der Waals surface area contributed by atoms with Gasteiger partial charge in [-0.15, -0.1) is 0 Å². The van der Waals surface area contributed by atoms with Crippen LogP contribution in [0, 0.1) is 11.3 Å². The lowest BCUT2D eigenvalue weighted by Crippen LogP contribution is -2.73. The molecule has 1 saturated carbocycles. The van der Waals surface area contributed by atoms with E-state index in [1.807, 2.05) is 0 Å². The van der Waals surface area contributed by atoms with Crippen molar-refractivity contribution in [3.63, 3.8) is 0 Å². The minimum absolute atomic E-state index is 0.0500. The van der Waals surface area contributed by atoms with E-state index in [1.165, 1.54) is 36.1 Å². The van der Waals surface area contributed by atoms with Gasteiger partial charge in [-0.1, -0.05) is 51.5 Å². The van der Waals surface area contributed by atoms with E-state index in [4.69, 9.17) is 0 Å². The predicted octanol–water partition coefficient (Wildman–Crippen LogP) is 3.81. The van der Waals surface area contributed by atoms with Gasteiger partial charge in [-0.2, -0.15) is 0 Å². The van der Waals surface area contributed by atoms with Gasteiger partial charge in [-0.25, -0.2) is 0 Å². The second-order valence-electron chi connectivity index (χ2n) is 14.9. The maximum Gasteiger partial charge on any atom is 0.102 e. The molecule has 5 heterocycles. The SMILES string of the molecule is CCC1(O)CC2CN(CCCCC(C)(c3ccc4c(c3)C35CCN6CC=CC(CC)(C(O)C(O)C3N4C)C65)C2)C1. The molecule has 0 aromatic heterocycles. The fraction of sp³-hybridized carbons (Fsp3) is 0.765. The summed E-state index contributed by atoms with van der Waals surface area (Å²) in [6.07, 6.45) is 11.2. The van der Waals surface area contributed by atoms with Gasteiger partial charge in [0, 0.05) is 49.2 Å². The molecule has 1 aromatic rings.